The van der Waals surface area contributed by atoms with Crippen molar-refractivity contribution in [1.82, 2.24) is 4.57 Å². The van der Waals surface area contributed by atoms with Crippen molar-refractivity contribution in [3.63, 3.8) is 0 Å². The Labute approximate surface area is 356 Å². The third-order valence-corrected chi connectivity index (χ3v) is 12.6. The number of fused-ring (bicyclic) bond motifs is 11. The highest BCUT2D eigenvalue weighted by atomic mass is 16.3. The molecule has 0 radical (unpaired) electrons. The Morgan fingerprint density at radius 2 is 0.919 bits per heavy atom. The highest BCUT2D eigenvalue weighted by Gasteiger charge is 2.20. The zero-order valence-electron chi connectivity index (χ0n) is 33.5. The molecule has 13 rings (SSSR count). The van der Waals surface area contributed by atoms with Crippen LogP contribution in [0.1, 0.15) is 0 Å². The van der Waals surface area contributed by atoms with Crippen molar-refractivity contribution in [2.75, 3.05) is 4.90 Å². The van der Waals surface area contributed by atoms with Gasteiger partial charge in [-0.05, 0) is 113 Å². The summed E-state index contributed by atoms with van der Waals surface area (Å²) in [6.45, 7) is 0. The lowest BCUT2D eigenvalue weighted by atomic mass is 9.98. The smallest absolute Gasteiger partial charge is 0.143 e. The van der Waals surface area contributed by atoms with Gasteiger partial charge in [0, 0.05) is 60.3 Å². The fourth-order valence-corrected chi connectivity index (χ4v) is 9.67. The molecule has 0 aliphatic heterocycles. The van der Waals surface area contributed by atoms with Crippen LogP contribution in [0, 0.1) is 0 Å². The van der Waals surface area contributed by atoms with Crippen molar-refractivity contribution in [2.45, 2.75) is 0 Å². The maximum atomic E-state index is 6.54. The van der Waals surface area contributed by atoms with Gasteiger partial charge in [0.1, 0.15) is 22.3 Å². The Kier molecular flexibility index (Phi) is 7.57. The summed E-state index contributed by atoms with van der Waals surface area (Å²) in [7, 11) is 0. The molecule has 3 heterocycles. The van der Waals surface area contributed by atoms with Crippen LogP contribution in [-0.2, 0) is 0 Å². The van der Waals surface area contributed by atoms with Gasteiger partial charge in [-0.15, -0.1) is 0 Å². The Bertz CT molecular complexity index is 3810. The molecule has 13 aromatic rings. The van der Waals surface area contributed by atoms with E-state index >= 15 is 0 Å². The summed E-state index contributed by atoms with van der Waals surface area (Å²) in [5.41, 5.74) is 14.7. The van der Waals surface area contributed by atoms with E-state index in [-0.39, 0.29) is 0 Å². The second kappa shape index (κ2) is 13.6. The summed E-state index contributed by atoms with van der Waals surface area (Å²) in [4.78, 5) is 2.38. The normalized spacial score (nSPS) is 11.9. The Morgan fingerprint density at radius 1 is 0.339 bits per heavy atom. The molecule has 62 heavy (non-hydrogen) atoms. The van der Waals surface area contributed by atoms with Gasteiger partial charge in [0.15, 0.2) is 0 Å². The monoisotopic (exact) mass is 792 g/mol. The number of furan rings is 2. The number of hydrogen-bond donors (Lipinski definition) is 0. The first-order chi connectivity index (χ1) is 30.7. The van der Waals surface area contributed by atoms with Crippen molar-refractivity contribution in [2.24, 2.45) is 0 Å². The molecule has 0 unspecified atom stereocenters. The van der Waals surface area contributed by atoms with Crippen LogP contribution in [-0.4, -0.2) is 4.57 Å². The zero-order valence-corrected chi connectivity index (χ0v) is 33.5. The van der Waals surface area contributed by atoms with E-state index in [0.29, 0.717) is 0 Å². The average Bonchev–Trinajstić information content (AvgIpc) is 4.02. The van der Waals surface area contributed by atoms with Crippen molar-refractivity contribution in [3.8, 4) is 27.9 Å². The van der Waals surface area contributed by atoms with E-state index in [1.54, 1.807) is 0 Å². The molecule has 3 aromatic heterocycles. The summed E-state index contributed by atoms with van der Waals surface area (Å²) in [5, 5.41) is 9.28. The van der Waals surface area contributed by atoms with Gasteiger partial charge >= 0.3 is 0 Å². The molecule has 0 fully saturated rings. The van der Waals surface area contributed by atoms with E-state index in [1.165, 1.54) is 27.2 Å². The lowest BCUT2D eigenvalue weighted by molar-refractivity contribution is 0.669. The topological polar surface area (TPSA) is 34.5 Å². The van der Waals surface area contributed by atoms with Gasteiger partial charge in [-0.25, -0.2) is 0 Å². The van der Waals surface area contributed by atoms with Crippen LogP contribution in [0.2, 0.25) is 0 Å². The van der Waals surface area contributed by atoms with E-state index in [2.05, 4.69) is 216 Å². The first-order valence-corrected chi connectivity index (χ1v) is 21.1. The largest absolute Gasteiger partial charge is 0.456 e. The lowest BCUT2D eigenvalue weighted by Gasteiger charge is -2.28. The van der Waals surface area contributed by atoms with Crippen LogP contribution in [0.5, 0.6) is 0 Å². The van der Waals surface area contributed by atoms with Crippen LogP contribution in [0.25, 0.3) is 104 Å². The number of anilines is 3. The minimum Gasteiger partial charge on any atom is -0.456 e. The van der Waals surface area contributed by atoms with Gasteiger partial charge in [-0.3, -0.25) is 0 Å². The first kappa shape index (κ1) is 34.5. The van der Waals surface area contributed by atoms with E-state index in [4.69, 9.17) is 8.83 Å². The maximum Gasteiger partial charge on any atom is 0.143 e. The third kappa shape index (κ3) is 5.33. The molecule has 0 N–H and O–H groups in total. The second-order valence-electron chi connectivity index (χ2n) is 16.1. The molecule has 0 saturated carbocycles. The SMILES string of the molecule is c1ccc(N(c2ccc(-c3ccc4c(c3)oc3ccccc34)cc2)c2ccc(-n3c4ccccc4c4ccccc43)cc2)c(-c2ccc3oc4c5ccccc5ccc4c3c2)c1. The minimum absolute atomic E-state index is 0.881. The number of aromatic nitrogens is 1. The molecule has 10 aromatic carbocycles. The molecule has 4 nitrogen and oxygen atoms in total. The summed E-state index contributed by atoms with van der Waals surface area (Å²) >= 11 is 0. The Morgan fingerprint density at radius 3 is 1.71 bits per heavy atom. The molecule has 290 valence electrons. The van der Waals surface area contributed by atoms with Gasteiger partial charge in [-0.1, -0.05) is 127 Å². The highest BCUT2D eigenvalue weighted by molar-refractivity contribution is 6.16. The summed E-state index contributed by atoms with van der Waals surface area (Å²) < 4.78 is 15.2. The molecule has 0 bridgehead atoms. The van der Waals surface area contributed by atoms with Gasteiger partial charge in [0.2, 0.25) is 0 Å². The van der Waals surface area contributed by atoms with Crippen LogP contribution >= 0.6 is 0 Å². The lowest BCUT2D eigenvalue weighted by Crippen LogP contribution is -2.11. The van der Waals surface area contributed by atoms with Gasteiger partial charge in [0.05, 0.1) is 16.7 Å². The highest BCUT2D eigenvalue weighted by Crippen LogP contribution is 2.44. The standard InChI is InChI=1S/C58H36N2O2/c1-2-13-45-38(11-1)23-33-50-51-35-40(25-34-56(51)62-58(45)50)44-12-3-7-17-52(44)59(41-26-21-37(22-27-41)39-24-32-49-48-16-6-10-20-55(48)61-57(49)36-39)42-28-30-43(31-29-42)60-53-18-8-4-14-46(53)47-15-5-9-19-54(47)60/h1-36H. The molecule has 0 spiro atoms. The molecular formula is C58H36N2O2. The fraction of sp³-hybridized carbons (Fsp3) is 0. The molecule has 0 amide bonds. The quantitative estimate of drug-likeness (QED) is 0.168. The third-order valence-electron chi connectivity index (χ3n) is 12.6. The van der Waals surface area contributed by atoms with Crippen molar-refractivity contribution < 1.29 is 8.83 Å². The number of rotatable bonds is 6. The Balaban J connectivity index is 0.956. The van der Waals surface area contributed by atoms with Gasteiger partial charge in [0.25, 0.3) is 0 Å². The molecular weight excluding hydrogens is 757 g/mol. The summed E-state index contributed by atoms with van der Waals surface area (Å²) in [5.74, 6) is 0. The minimum atomic E-state index is 0.881. The van der Waals surface area contributed by atoms with Gasteiger partial charge in [-0.2, -0.15) is 0 Å². The number of benzene rings is 10. The zero-order chi connectivity index (χ0) is 40.7. The summed E-state index contributed by atoms with van der Waals surface area (Å²) in [6.07, 6.45) is 0. The van der Waals surface area contributed by atoms with E-state index in [9.17, 15) is 0 Å². The van der Waals surface area contributed by atoms with Crippen LogP contribution in [0.3, 0.4) is 0 Å². The van der Waals surface area contributed by atoms with E-state index in [0.717, 1.165) is 94.3 Å². The summed E-state index contributed by atoms with van der Waals surface area (Å²) in [6, 6.07) is 78.1. The predicted molar refractivity (Wildman–Crippen MR) is 258 cm³/mol. The first-order valence-electron chi connectivity index (χ1n) is 21.1. The molecule has 0 aliphatic rings. The van der Waals surface area contributed by atoms with Crippen LogP contribution in [0.15, 0.2) is 227 Å². The van der Waals surface area contributed by atoms with E-state index < -0.39 is 0 Å². The second-order valence-corrected chi connectivity index (χ2v) is 16.1. The fourth-order valence-electron chi connectivity index (χ4n) is 9.67. The van der Waals surface area contributed by atoms with Crippen LogP contribution < -0.4 is 4.90 Å². The maximum absolute atomic E-state index is 6.54. The van der Waals surface area contributed by atoms with Gasteiger partial charge < -0.3 is 18.3 Å². The van der Waals surface area contributed by atoms with E-state index in [1.807, 2.05) is 12.1 Å². The van der Waals surface area contributed by atoms with Crippen molar-refractivity contribution >= 4 is 93.5 Å². The Hall–Kier alpha value is -8.34. The molecule has 0 saturated heterocycles. The van der Waals surface area contributed by atoms with Crippen molar-refractivity contribution in [3.05, 3.63) is 218 Å². The average molecular weight is 793 g/mol. The predicted octanol–water partition coefficient (Wildman–Crippen LogP) is 16.5. The number of para-hydroxylation sites is 4. The number of nitrogens with zero attached hydrogens (tertiary/aromatic N) is 2. The van der Waals surface area contributed by atoms with Crippen molar-refractivity contribution in [1.29, 1.82) is 0 Å². The molecule has 0 atom stereocenters. The molecule has 4 heteroatoms. The number of hydrogen-bond acceptors (Lipinski definition) is 3. The van der Waals surface area contributed by atoms with Crippen LogP contribution in [0.4, 0.5) is 17.1 Å². The molecule has 0 aliphatic carbocycles.